The monoisotopic (exact) mass is 465 g/mol. The topological polar surface area (TPSA) is 38.3 Å². The minimum Gasteiger partial charge on any atom is -0.481 e. The molecule has 0 fully saturated rings. The van der Waals surface area contributed by atoms with Gasteiger partial charge in [0.25, 0.3) is 5.91 Å². The van der Waals surface area contributed by atoms with Crippen molar-refractivity contribution in [3.8, 4) is 5.75 Å². The van der Waals surface area contributed by atoms with E-state index in [0.717, 1.165) is 36.4 Å². The maximum Gasteiger partial charge on any atom is 0.419 e. The third kappa shape index (κ3) is 5.94. The Labute approximate surface area is 185 Å². The van der Waals surface area contributed by atoms with Crippen molar-refractivity contribution < 1.29 is 35.9 Å². The van der Waals surface area contributed by atoms with Crippen molar-refractivity contribution in [1.82, 2.24) is 0 Å². The van der Waals surface area contributed by atoms with Gasteiger partial charge in [0, 0.05) is 5.56 Å². The third-order valence-electron chi connectivity index (χ3n) is 4.56. The molecule has 0 spiro atoms. The summed E-state index contributed by atoms with van der Waals surface area (Å²) in [7, 11) is 0. The highest BCUT2D eigenvalue weighted by Gasteiger charge is 2.38. The molecule has 0 heterocycles. The minimum atomic E-state index is -5.03. The Morgan fingerprint density at radius 2 is 1.45 bits per heavy atom. The van der Waals surface area contributed by atoms with Crippen LogP contribution >= 0.6 is 0 Å². The maximum atomic E-state index is 14.8. The zero-order valence-electron chi connectivity index (χ0n) is 17.1. The first-order chi connectivity index (χ1) is 15.6. The largest absolute Gasteiger partial charge is 0.481 e. The molecular formula is C24H17F6NO2. The molecule has 0 unspecified atom stereocenters. The lowest BCUT2D eigenvalue weighted by atomic mass is 10.0. The number of ether oxygens (including phenoxy) is 1. The summed E-state index contributed by atoms with van der Waals surface area (Å²) in [6, 6.07) is 13.3. The van der Waals surface area contributed by atoms with E-state index in [-0.39, 0.29) is 17.0 Å². The average Bonchev–Trinajstić information content (AvgIpc) is 2.76. The third-order valence-corrected chi connectivity index (χ3v) is 4.56. The lowest BCUT2D eigenvalue weighted by Crippen LogP contribution is -2.30. The molecule has 0 aliphatic heterocycles. The number of anilines is 1. The van der Waals surface area contributed by atoms with Gasteiger partial charge in [-0.05, 0) is 61.0 Å². The standard InChI is InChI=1S/C24H17F6NO2/c1-14(23(32)31-20-5-3-2-4-19(20)26)33-18-12-8-16(9-13-18)22(27)21(24(28,29)30)15-6-10-17(25)11-7-15/h2-14H,1H3,(H,31,32)/b22-21+/t14-/m1/s1. The second-order valence-corrected chi connectivity index (χ2v) is 6.95. The number of nitrogens with one attached hydrogen (secondary N) is 1. The maximum absolute atomic E-state index is 14.8. The molecule has 1 N–H and O–H groups in total. The summed E-state index contributed by atoms with van der Waals surface area (Å²) < 4.78 is 87.5. The fourth-order valence-electron chi connectivity index (χ4n) is 2.91. The van der Waals surface area contributed by atoms with Gasteiger partial charge in [0.2, 0.25) is 0 Å². The van der Waals surface area contributed by atoms with Crippen LogP contribution in [-0.2, 0) is 4.79 Å². The van der Waals surface area contributed by atoms with E-state index in [9.17, 15) is 31.1 Å². The summed E-state index contributed by atoms with van der Waals surface area (Å²) in [5, 5.41) is 2.36. The fraction of sp³-hybridized carbons (Fsp3) is 0.125. The molecule has 1 atom stereocenters. The predicted octanol–water partition coefficient (Wildman–Crippen LogP) is 6.77. The van der Waals surface area contributed by atoms with Gasteiger partial charge >= 0.3 is 6.18 Å². The summed E-state index contributed by atoms with van der Waals surface area (Å²) in [6.07, 6.45) is -6.11. The molecule has 3 aromatic carbocycles. The van der Waals surface area contributed by atoms with Crippen LogP contribution in [0, 0.1) is 11.6 Å². The van der Waals surface area contributed by atoms with E-state index in [0.29, 0.717) is 0 Å². The van der Waals surface area contributed by atoms with Crippen molar-refractivity contribution >= 4 is 23.0 Å². The van der Waals surface area contributed by atoms with E-state index >= 15 is 0 Å². The van der Waals surface area contributed by atoms with E-state index in [1.807, 2.05) is 0 Å². The Morgan fingerprint density at radius 1 is 0.879 bits per heavy atom. The van der Waals surface area contributed by atoms with Crippen molar-refractivity contribution in [2.45, 2.75) is 19.2 Å². The van der Waals surface area contributed by atoms with E-state index in [1.54, 1.807) is 0 Å². The smallest absolute Gasteiger partial charge is 0.419 e. The molecule has 33 heavy (non-hydrogen) atoms. The van der Waals surface area contributed by atoms with Crippen LogP contribution in [0.4, 0.5) is 32.0 Å². The van der Waals surface area contributed by atoms with Crippen LogP contribution in [0.3, 0.4) is 0 Å². The van der Waals surface area contributed by atoms with Crippen LogP contribution in [0.5, 0.6) is 5.75 Å². The van der Waals surface area contributed by atoms with Crippen molar-refractivity contribution in [3.05, 3.63) is 95.6 Å². The normalized spacial score (nSPS) is 13.2. The minimum absolute atomic E-state index is 0.0408. The van der Waals surface area contributed by atoms with Crippen LogP contribution < -0.4 is 10.1 Å². The van der Waals surface area contributed by atoms with E-state index in [4.69, 9.17) is 4.74 Å². The number of hydrogen-bond acceptors (Lipinski definition) is 2. The predicted molar refractivity (Wildman–Crippen MR) is 112 cm³/mol. The van der Waals surface area contributed by atoms with Crippen molar-refractivity contribution in [3.63, 3.8) is 0 Å². The van der Waals surface area contributed by atoms with Gasteiger partial charge in [-0.1, -0.05) is 24.3 Å². The summed E-state index contributed by atoms with van der Waals surface area (Å²) in [4.78, 5) is 12.2. The van der Waals surface area contributed by atoms with Crippen LogP contribution in [0.15, 0.2) is 72.8 Å². The van der Waals surface area contributed by atoms with Crippen molar-refractivity contribution in [1.29, 1.82) is 0 Å². The summed E-state index contributed by atoms with van der Waals surface area (Å²) in [5.74, 6) is -3.52. The molecule has 0 aromatic heterocycles. The van der Waals surface area contributed by atoms with Crippen molar-refractivity contribution in [2.24, 2.45) is 0 Å². The molecule has 0 radical (unpaired) electrons. The summed E-state index contributed by atoms with van der Waals surface area (Å²) >= 11 is 0. The lowest BCUT2D eigenvalue weighted by Gasteiger charge is -2.16. The number of alkyl halides is 3. The van der Waals surface area contributed by atoms with Crippen LogP contribution in [-0.4, -0.2) is 18.2 Å². The number of benzene rings is 3. The Kier molecular flexibility index (Phi) is 7.10. The summed E-state index contributed by atoms with van der Waals surface area (Å²) in [5.41, 5.74) is -2.50. The number of carbonyl (C=O) groups excluding carboxylic acids is 1. The molecule has 9 heteroatoms. The second-order valence-electron chi connectivity index (χ2n) is 6.95. The number of halogens is 6. The van der Waals surface area contributed by atoms with Gasteiger partial charge in [0.15, 0.2) is 6.10 Å². The van der Waals surface area contributed by atoms with E-state index < -0.39 is 46.8 Å². The Balaban J connectivity index is 1.78. The number of carbonyl (C=O) groups is 1. The first-order valence-corrected chi connectivity index (χ1v) is 9.61. The van der Waals surface area contributed by atoms with Crippen LogP contribution in [0.1, 0.15) is 18.1 Å². The van der Waals surface area contributed by atoms with E-state index in [1.165, 1.54) is 43.3 Å². The van der Waals surface area contributed by atoms with Crippen molar-refractivity contribution in [2.75, 3.05) is 5.32 Å². The second kappa shape index (κ2) is 9.81. The van der Waals surface area contributed by atoms with Gasteiger partial charge < -0.3 is 10.1 Å². The highest BCUT2D eigenvalue weighted by atomic mass is 19.4. The van der Waals surface area contributed by atoms with Crippen LogP contribution in [0.25, 0.3) is 11.4 Å². The van der Waals surface area contributed by atoms with E-state index in [2.05, 4.69) is 5.32 Å². The highest BCUT2D eigenvalue weighted by Crippen LogP contribution is 2.40. The number of rotatable bonds is 6. The fourth-order valence-corrected chi connectivity index (χ4v) is 2.91. The van der Waals surface area contributed by atoms with Gasteiger partial charge in [-0.3, -0.25) is 4.79 Å². The number of allylic oxidation sites excluding steroid dienone is 1. The molecule has 3 rings (SSSR count). The first-order valence-electron chi connectivity index (χ1n) is 9.61. The molecule has 0 bridgehead atoms. The molecular weight excluding hydrogens is 448 g/mol. The molecule has 1 amide bonds. The number of amides is 1. The van der Waals surface area contributed by atoms with Gasteiger partial charge in [0.1, 0.15) is 23.2 Å². The molecule has 3 aromatic rings. The molecule has 0 aliphatic rings. The Hall–Kier alpha value is -3.75. The van der Waals surface area contributed by atoms with Gasteiger partial charge in [0.05, 0.1) is 11.3 Å². The first kappa shape index (κ1) is 23.9. The Bertz CT molecular complexity index is 1150. The average molecular weight is 465 g/mol. The van der Waals surface area contributed by atoms with Crippen LogP contribution in [0.2, 0.25) is 0 Å². The zero-order chi connectivity index (χ0) is 24.2. The van der Waals surface area contributed by atoms with Gasteiger partial charge in [-0.2, -0.15) is 13.2 Å². The van der Waals surface area contributed by atoms with Gasteiger partial charge in [-0.15, -0.1) is 0 Å². The molecule has 3 nitrogen and oxygen atoms in total. The molecule has 172 valence electrons. The number of para-hydroxylation sites is 1. The highest BCUT2D eigenvalue weighted by molar-refractivity contribution is 5.94. The lowest BCUT2D eigenvalue weighted by molar-refractivity contribution is -0.122. The van der Waals surface area contributed by atoms with Gasteiger partial charge in [-0.25, -0.2) is 13.2 Å². The number of hydrogen-bond donors (Lipinski definition) is 1. The summed E-state index contributed by atoms with van der Waals surface area (Å²) in [6.45, 7) is 1.39. The zero-order valence-corrected chi connectivity index (χ0v) is 17.1. The molecule has 0 saturated carbocycles. The molecule has 0 aliphatic carbocycles. The molecule has 0 saturated heterocycles. The Morgan fingerprint density at radius 3 is 2.03 bits per heavy atom. The quantitative estimate of drug-likeness (QED) is 0.322. The SMILES string of the molecule is C[C@@H](Oc1ccc(/C(F)=C(/c2ccc(F)cc2)C(F)(F)F)cc1)C(=O)Nc1ccccc1F.